The predicted molar refractivity (Wildman–Crippen MR) is 147 cm³/mol. The van der Waals surface area contributed by atoms with Gasteiger partial charge < -0.3 is 29.2 Å². The second-order valence-corrected chi connectivity index (χ2v) is 10.5. The van der Waals surface area contributed by atoms with Crippen LogP contribution in [0.1, 0.15) is 22.5 Å². The topological polar surface area (TPSA) is 139 Å². The Bertz CT molecular complexity index is 1420. The van der Waals surface area contributed by atoms with Crippen molar-refractivity contribution in [1.82, 2.24) is 30.0 Å². The summed E-state index contributed by atoms with van der Waals surface area (Å²) < 4.78 is 26.8. The SMILES string of the molecule is COC1OC(CO)C(O)C(OCc2cn(Cc3cccc(Cl)c3)nn2)C1OCc1cn(Cc2cccc(Cl)c2)nn1. The van der Waals surface area contributed by atoms with Gasteiger partial charge in [0.25, 0.3) is 0 Å². The van der Waals surface area contributed by atoms with Gasteiger partial charge in [-0.25, -0.2) is 9.36 Å². The number of benzene rings is 2. The average molecular weight is 605 g/mol. The number of ether oxygens (including phenoxy) is 4. The molecule has 218 valence electrons. The molecule has 2 aromatic carbocycles. The van der Waals surface area contributed by atoms with Crippen molar-refractivity contribution in [2.24, 2.45) is 0 Å². The Balaban J connectivity index is 1.23. The van der Waals surface area contributed by atoms with Crippen molar-refractivity contribution in [1.29, 1.82) is 0 Å². The van der Waals surface area contributed by atoms with Crippen LogP contribution < -0.4 is 0 Å². The number of rotatable bonds is 12. The molecule has 1 aliphatic rings. The molecule has 41 heavy (non-hydrogen) atoms. The molecular formula is C27H30Cl2N6O6. The molecule has 0 saturated carbocycles. The van der Waals surface area contributed by atoms with Crippen LogP contribution in [0.25, 0.3) is 0 Å². The van der Waals surface area contributed by atoms with E-state index in [4.69, 9.17) is 42.1 Å². The summed E-state index contributed by atoms with van der Waals surface area (Å²) in [5.41, 5.74) is 3.05. The third kappa shape index (κ3) is 7.67. The zero-order valence-corrected chi connectivity index (χ0v) is 23.7. The molecule has 2 aromatic heterocycles. The molecule has 5 atom stereocenters. The van der Waals surface area contributed by atoms with Crippen LogP contribution >= 0.6 is 23.2 Å². The van der Waals surface area contributed by atoms with Crippen LogP contribution in [-0.4, -0.2) is 84.6 Å². The van der Waals surface area contributed by atoms with E-state index in [0.717, 1.165) is 11.1 Å². The molecule has 14 heteroatoms. The Kier molecular flexibility index (Phi) is 9.96. The first kappa shape index (κ1) is 29.5. The Morgan fingerprint density at radius 2 is 1.39 bits per heavy atom. The standard InChI is InChI=1S/C27H30Cl2N6O6/c1-38-27-26(40-16-22-13-35(33-31-22)11-18-5-3-7-20(29)9-18)25(24(37)23(14-36)41-27)39-15-21-12-34(32-30-21)10-17-4-2-6-19(28)8-17/h2-9,12-13,23-27,36-37H,10-11,14-16H2,1H3. The van der Waals surface area contributed by atoms with Gasteiger partial charge in [-0.3, -0.25) is 0 Å². The molecule has 0 amide bonds. The van der Waals surface area contributed by atoms with E-state index in [1.54, 1.807) is 27.8 Å². The molecule has 5 rings (SSSR count). The van der Waals surface area contributed by atoms with Gasteiger partial charge in [-0.2, -0.15) is 0 Å². The molecule has 2 N–H and O–H groups in total. The molecule has 1 aliphatic heterocycles. The monoisotopic (exact) mass is 604 g/mol. The van der Waals surface area contributed by atoms with Gasteiger partial charge in [-0.1, -0.05) is 57.9 Å². The summed E-state index contributed by atoms with van der Waals surface area (Å²) in [7, 11) is 1.45. The summed E-state index contributed by atoms with van der Waals surface area (Å²) in [5, 5.41) is 38.7. The average Bonchev–Trinajstić information content (AvgIpc) is 3.60. The molecule has 1 saturated heterocycles. The Hall–Kier alpha value is -2.94. The second-order valence-electron chi connectivity index (χ2n) is 9.58. The Labute approximate surface area is 246 Å². The lowest BCUT2D eigenvalue weighted by molar-refractivity contribution is -0.314. The molecule has 0 aliphatic carbocycles. The lowest BCUT2D eigenvalue weighted by Gasteiger charge is -2.43. The van der Waals surface area contributed by atoms with Gasteiger partial charge in [0.05, 0.1) is 45.3 Å². The van der Waals surface area contributed by atoms with E-state index in [2.05, 4.69) is 20.6 Å². The van der Waals surface area contributed by atoms with E-state index in [9.17, 15) is 10.2 Å². The summed E-state index contributed by atoms with van der Waals surface area (Å²) in [6.07, 6.45) is -1.30. The van der Waals surface area contributed by atoms with Crippen LogP contribution in [0.4, 0.5) is 0 Å². The van der Waals surface area contributed by atoms with Crippen LogP contribution in [0.5, 0.6) is 0 Å². The smallest absolute Gasteiger partial charge is 0.186 e. The van der Waals surface area contributed by atoms with Crippen molar-refractivity contribution in [2.75, 3.05) is 13.7 Å². The molecule has 12 nitrogen and oxygen atoms in total. The number of hydrogen-bond acceptors (Lipinski definition) is 10. The van der Waals surface area contributed by atoms with E-state index in [-0.39, 0.29) is 13.2 Å². The molecule has 0 spiro atoms. The fourth-order valence-corrected chi connectivity index (χ4v) is 5.00. The molecule has 1 fully saturated rings. The summed E-state index contributed by atoms with van der Waals surface area (Å²) in [6, 6.07) is 15.0. The molecule has 5 unspecified atom stereocenters. The highest BCUT2D eigenvalue weighted by atomic mass is 35.5. The summed E-state index contributed by atoms with van der Waals surface area (Å²) in [6.45, 7) is 0.620. The predicted octanol–water partition coefficient (Wildman–Crippen LogP) is 2.47. The Morgan fingerprint density at radius 1 is 0.854 bits per heavy atom. The van der Waals surface area contributed by atoms with Crippen LogP contribution in [-0.2, 0) is 45.3 Å². The molecular weight excluding hydrogens is 575 g/mol. The van der Waals surface area contributed by atoms with Gasteiger partial charge in [0, 0.05) is 17.2 Å². The fourth-order valence-electron chi connectivity index (χ4n) is 4.57. The fraction of sp³-hybridized carbons (Fsp3) is 0.407. The number of hydrogen-bond donors (Lipinski definition) is 2. The minimum absolute atomic E-state index is 0.0293. The maximum absolute atomic E-state index is 11.0. The second kappa shape index (κ2) is 13.8. The van der Waals surface area contributed by atoms with Crippen molar-refractivity contribution in [2.45, 2.75) is 57.0 Å². The van der Waals surface area contributed by atoms with Crippen LogP contribution in [0.2, 0.25) is 10.0 Å². The minimum Gasteiger partial charge on any atom is -0.394 e. The molecule has 0 bridgehead atoms. The van der Waals surface area contributed by atoms with Crippen LogP contribution in [0.15, 0.2) is 60.9 Å². The zero-order chi connectivity index (χ0) is 28.8. The van der Waals surface area contributed by atoms with Crippen molar-refractivity contribution in [3.8, 4) is 0 Å². The number of aromatic nitrogens is 6. The molecule has 0 radical (unpaired) electrons. The molecule has 3 heterocycles. The van der Waals surface area contributed by atoms with Gasteiger partial charge in [0.15, 0.2) is 6.29 Å². The third-order valence-electron chi connectivity index (χ3n) is 6.52. The highest BCUT2D eigenvalue weighted by Crippen LogP contribution is 2.28. The Morgan fingerprint density at radius 3 is 1.88 bits per heavy atom. The normalized spacial score (nSPS) is 22.7. The lowest BCUT2D eigenvalue weighted by atomic mass is 9.98. The van der Waals surface area contributed by atoms with Crippen LogP contribution in [0.3, 0.4) is 0 Å². The van der Waals surface area contributed by atoms with Gasteiger partial charge in [0.2, 0.25) is 0 Å². The summed E-state index contributed by atoms with van der Waals surface area (Å²) in [4.78, 5) is 0. The quantitative estimate of drug-likeness (QED) is 0.248. The highest BCUT2D eigenvalue weighted by Gasteiger charge is 2.47. The first-order valence-electron chi connectivity index (χ1n) is 12.9. The van der Waals surface area contributed by atoms with Crippen molar-refractivity contribution < 1.29 is 29.2 Å². The number of methoxy groups -OCH3 is 1. The first-order chi connectivity index (χ1) is 19.9. The van der Waals surface area contributed by atoms with Gasteiger partial charge in [0.1, 0.15) is 35.8 Å². The van der Waals surface area contributed by atoms with Gasteiger partial charge in [-0.15, -0.1) is 10.2 Å². The van der Waals surface area contributed by atoms with Crippen LogP contribution in [0, 0.1) is 0 Å². The lowest BCUT2D eigenvalue weighted by Crippen LogP contribution is -2.60. The van der Waals surface area contributed by atoms with E-state index in [1.165, 1.54) is 7.11 Å². The van der Waals surface area contributed by atoms with Crippen molar-refractivity contribution >= 4 is 23.2 Å². The van der Waals surface area contributed by atoms with Crippen molar-refractivity contribution in [3.05, 3.63) is 93.5 Å². The number of halogens is 2. The number of aliphatic hydroxyl groups excluding tert-OH is 2. The number of nitrogens with zero attached hydrogens (tertiary/aromatic N) is 6. The maximum Gasteiger partial charge on any atom is 0.186 e. The number of aliphatic hydroxyl groups is 2. The van der Waals surface area contributed by atoms with E-state index in [1.807, 2.05) is 42.5 Å². The molecule has 4 aromatic rings. The van der Waals surface area contributed by atoms with Gasteiger partial charge >= 0.3 is 0 Å². The van der Waals surface area contributed by atoms with Gasteiger partial charge in [-0.05, 0) is 35.4 Å². The highest BCUT2D eigenvalue weighted by molar-refractivity contribution is 6.30. The zero-order valence-electron chi connectivity index (χ0n) is 22.2. The first-order valence-corrected chi connectivity index (χ1v) is 13.6. The maximum atomic E-state index is 11.0. The van der Waals surface area contributed by atoms with E-state index < -0.39 is 37.3 Å². The van der Waals surface area contributed by atoms with E-state index in [0.29, 0.717) is 34.5 Å². The summed E-state index contributed by atoms with van der Waals surface area (Å²) in [5.74, 6) is 0. The largest absolute Gasteiger partial charge is 0.394 e. The minimum atomic E-state index is -1.20. The summed E-state index contributed by atoms with van der Waals surface area (Å²) >= 11 is 12.2. The van der Waals surface area contributed by atoms with Crippen molar-refractivity contribution in [3.63, 3.8) is 0 Å². The van der Waals surface area contributed by atoms with E-state index >= 15 is 0 Å². The third-order valence-corrected chi connectivity index (χ3v) is 6.99.